The minimum absolute atomic E-state index is 0.269. The zero-order chi connectivity index (χ0) is 33.3. The Morgan fingerprint density at radius 3 is 1.76 bits per heavy atom. The molecule has 0 saturated heterocycles. The van der Waals surface area contributed by atoms with Crippen molar-refractivity contribution in [2.45, 2.75) is 24.9 Å². The van der Waals surface area contributed by atoms with E-state index in [2.05, 4.69) is 111 Å². The summed E-state index contributed by atoms with van der Waals surface area (Å²) in [6.45, 7) is 4.26. The molecular weight excluding hydrogens is 607 g/mol. The van der Waals surface area contributed by atoms with Crippen LogP contribution in [0, 0.1) is 11.6 Å². The van der Waals surface area contributed by atoms with Crippen molar-refractivity contribution in [2.75, 3.05) is 0 Å². The van der Waals surface area contributed by atoms with Gasteiger partial charge in [-0.2, -0.15) is 0 Å². The molecule has 0 aromatic heterocycles. The van der Waals surface area contributed by atoms with E-state index in [9.17, 15) is 4.39 Å². The Kier molecular flexibility index (Phi) is 6.51. The third kappa shape index (κ3) is 4.49. The lowest BCUT2D eigenvalue weighted by Gasteiger charge is -2.38. The molecule has 0 amide bonds. The van der Waals surface area contributed by atoms with Gasteiger partial charge in [0.05, 0.1) is 0 Å². The Morgan fingerprint density at radius 1 is 0.531 bits per heavy atom. The molecule has 49 heavy (non-hydrogen) atoms. The van der Waals surface area contributed by atoms with E-state index in [0.29, 0.717) is 11.1 Å². The zero-order valence-corrected chi connectivity index (χ0v) is 27.2. The summed E-state index contributed by atoms with van der Waals surface area (Å²) >= 11 is 0. The van der Waals surface area contributed by atoms with Gasteiger partial charge in [0, 0.05) is 27.5 Å². The SMILES string of the molecule is CC1(C)c2cc(F)ccc2-c2c1c1c(c3cc(F)ccc23)OC(c2ccccc2)(c2ccc(-c3ccc(-c4ccccc4)cc3)cc2)C=C1. The van der Waals surface area contributed by atoms with Crippen molar-refractivity contribution < 1.29 is 13.5 Å². The predicted octanol–water partition coefficient (Wildman–Crippen LogP) is 12.1. The molecule has 7 aromatic carbocycles. The fourth-order valence-electron chi connectivity index (χ4n) is 7.99. The number of hydrogen-bond acceptors (Lipinski definition) is 1. The van der Waals surface area contributed by atoms with Crippen LogP contribution in [-0.4, -0.2) is 0 Å². The number of rotatable bonds is 4. The molecule has 0 fully saturated rings. The lowest BCUT2D eigenvalue weighted by Crippen LogP contribution is -2.35. The molecule has 1 aliphatic carbocycles. The highest BCUT2D eigenvalue weighted by atomic mass is 19.1. The Morgan fingerprint density at radius 2 is 1.08 bits per heavy atom. The molecule has 236 valence electrons. The second-order valence-electron chi connectivity index (χ2n) is 13.6. The Labute approximate surface area is 284 Å². The number of ether oxygens (including phenoxy) is 1. The van der Waals surface area contributed by atoms with Gasteiger partial charge in [0.2, 0.25) is 0 Å². The van der Waals surface area contributed by atoms with Gasteiger partial charge in [-0.15, -0.1) is 0 Å². The fourth-order valence-corrected chi connectivity index (χ4v) is 7.99. The normalized spacial score (nSPS) is 16.9. The maximum Gasteiger partial charge on any atom is 0.178 e. The molecule has 0 saturated carbocycles. The average molecular weight is 639 g/mol. The summed E-state index contributed by atoms with van der Waals surface area (Å²) in [6.07, 6.45) is 4.26. The smallest absolute Gasteiger partial charge is 0.178 e. The van der Waals surface area contributed by atoms with Crippen LogP contribution in [0.25, 0.3) is 50.2 Å². The Bertz CT molecular complexity index is 2430. The van der Waals surface area contributed by atoms with Crippen LogP contribution in [0.2, 0.25) is 0 Å². The standard InChI is InChI=1S/C46H32F2O/c1-45(2)41-28-36(48)22-24-38(41)42-37-23-21-35(47)27-40(37)44-39(43(42)45)25-26-46(49-44,33-11-7-4-8-12-33)34-19-17-32(18-20-34)31-15-13-30(14-16-31)29-9-5-3-6-10-29/h3-28H,1-2H3. The molecule has 7 aromatic rings. The van der Waals surface area contributed by atoms with Crippen LogP contribution in [0.4, 0.5) is 8.78 Å². The van der Waals surface area contributed by atoms with E-state index in [0.717, 1.165) is 55.5 Å². The molecule has 1 atom stereocenters. The van der Waals surface area contributed by atoms with Crippen LogP contribution in [0.3, 0.4) is 0 Å². The summed E-state index contributed by atoms with van der Waals surface area (Å²) in [7, 11) is 0. The van der Waals surface area contributed by atoms with Crippen molar-refractivity contribution in [1.82, 2.24) is 0 Å². The van der Waals surface area contributed by atoms with Crippen molar-refractivity contribution in [2.24, 2.45) is 0 Å². The van der Waals surface area contributed by atoms with Crippen LogP contribution >= 0.6 is 0 Å². The minimum Gasteiger partial charge on any atom is -0.472 e. The van der Waals surface area contributed by atoms with Crippen molar-refractivity contribution in [1.29, 1.82) is 0 Å². The summed E-state index contributed by atoms with van der Waals surface area (Å²) < 4.78 is 37.0. The molecule has 1 unspecified atom stereocenters. The maximum atomic E-state index is 15.1. The first-order chi connectivity index (χ1) is 23.8. The number of hydrogen-bond donors (Lipinski definition) is 0. The molecule has 0 bridgehead atoms. The summed E-state index contributed by atoms with van der Waals surface area (Å²) in [6, 6.07) is 47.6. The topological polar surface area (TPSA) is 9.23 Å². The van der Waals surface area contributed by atoms with Crippen molar-refractivity contribution in [3.05, 3.63) is 191 Å². The third-order valence-electron chi connectivity index (χ3n) is 10.4. The Balaban J connectivity index is 1.20. The molecule has 0 radical (unpaired) electrons. The van der Waals surface area contributed by atoms with Gasteiger partial charge >= 0.3 is 0 Å². The molecular formula is C46H32F2O. The van der Waals surface area contributed by atoms with E-state index in [4.69, 9.17) is 4.74 Å². The summed E-state index contributed by atoms with van der Waals surface area (Å²) in [5.41, 5.74) is 9.90. The molecule has 9 rings (SSSR count). The highest BCUT2D eigenvalue weighted by Crippen LogP contribution is 2.58. The molecule has 3 heteroatoms. The molecule has 1 nitrogen and oxygen atoms in total. The first-order valence-corrected chi connectivity index (χ1v) is 16.6. The zero-order valence-electron chi connectivity index (χ0n) is 27.2. The lowest BCUT2D eigenvalue weighted by molar-refractivity contribution is 0.163. The van der Waals surface area contributed by atoms with E-state index in [-0.39, 0.29) is 11.6 Å². The van der Waals surface area contributed by atoms with E-state index >= 15 is 4.39 Å². The number of fused-ring (bicyclic) bond motifs is 8. The largest absolute Gasteiger partial charge is 0.472 e. The van der Waals surface area contributed by atoms with E-state index in [1.54, 1.807) is 12.1 Å². The summed E-state index contributed by atoms with van der Waals surface area (Å²) in [5.74, 6) is 0.0215. The van der Waals surface area contributed by atoms with E-state index in [1.165, 1.54) is 23.3 Å². The summed E-state index contributed by atoms with van der Waals surface area (Å²) in [4.78, 5) is 0. The fraction of sp³-hybridized carbons (Fsp3) is 0.0870. The van der Waals surface area contributed by atoms with Crippen LogP contribution < -0.4 is 4.74 Å². The second-order valence-corrected chi connectivity index (χ2v) is 13.6. The highest BCUT2D eigenvalue weighted by Gasteiger charge is 2.44. The van der Waals surface area contributed by atoms with Crippen LogP contribution in [0.5, 0.6) is 5.75 Å². The van der Waals surface area contributed by atoms with Crippen molar-refractivity contribution in [3.63, 3.8) is 0 Å². The van der Waals surface area contributed by atoms with Gasteiger partial charge in [-0.1, -0.05) is 141 Å². The van der Waals surface area contributed by atoms with Gasteiger partial charge < -0.3 is 4.74 Å². The maximum absolute atomic E-state index is 15.1. The first kappa shape index (κ1) is 29.3. The number of benzene rings is 7. The van der Waals surface area contributed by atoms with Gasteiger partial charge in [-0.3, -0.25) is 0 Å². The monoisotopic (exact) mass is 638 g/mol. The van der Waals surface area contributed by atoms with Crippen LogP contribution in [0.15, 0.2) is 152 Å². The van der Waals surface area contributed by atoms with E-state index < -0.39 is 11.0 Å². The van der Waals surface area contributed by atoms with Crippen LogP contribution in [0.1, 0.15) is 41.7 Å². The quantitative estimate of drug-likeness (QED) is 0.186. The van der Waals surface area contributed by atoms with E-state index in [1.807, 2.05) is 36.4 Å². The van der Waals surface area contributed by atoms with Crippen molar-refractivity contribution in [3.8, 4) is 39.1 Å². The van der Waals surface area contributed by atoms with Crippen molar-refractivity contribution >= 4 is 16.8 Å². The first-order valence-electron chi connectivity index (χ1n) is 16.6. The molecule has 2 aliphatic rings. The number of halogens is 2. The van der Waals surface area contributed by atoms with Crippen LogP contribution in [-0.2, 0) is 11.0 Å². The highest BCUT2D eigenvalue weighted by molar-refractivity contribution is 6.08. The lowest BCUT2D eigenvalue weighted by atomic mass is 9.76. The second kappa shape index (κ2) is 10.9. The van der Waals surface area contributed by atoms with Gasteiger partial charge in [0.25, 0.3) is 0 Å². The van der Waals surface area contributed by atoms with Gasteiger partial charge in [0.15, 0.2) is 5.60 Å². The van der Waals surface area contributed by atoms with Gasteiger partial charge in [0.1, 0.15) is 17.4 Å². The van der Waals surface area contributed by atoms with Gasteiger partial charge in [-0.05, 0) is 80.2 Å². The molecule has 0 spiro atoms. The Hall–Kier alpha value is -5.80. The third-order valence-corrected chi connectivity index (χ3v) is 10.4. The van der Waals surface area contributed by atoms with Gasteiger partial charge in [-0.25, -0.2) is 8.78 Å². The molecule has 1 aliphatic heterocycles. The predicted molar refractivity (Wildman–Crippen MR) is 196 cm³/mol. The average Bonchev–Trinajstić information content (AvgIpc) is 3.38. The molecule has 0 N–H and O–H groups in total. The summed E-state index contributed by atoms with van der Waals surface area (Å²) in [5, 5.41) is 1.58. The molecule has 1 heterocycles. The minimum atomic E-state index is -0.973.